The third kappa shape index (κ3) is 0.957. The van der Waals surface area contributed by atoms with E-state index in [1.54, 1.807) is 0 Å². The summed E-state index contributed by atoms with van der Waals surface area (Å²) in [6, 6.07) is 8.33. The summed E-state index contributed by atoms with van der Waals surface area (Å²) in [6.45, 7) is 2.40. The molecule has 0 N–H and O–H groups in total. The van der Waals surface area contributed by atoms with Gasteiger partial charge in [0.1, 0.15) is 0 Å². The van der Waals surface area contributed by atoms with E-state index in [-0.39, 0.29) is 0 Å². The summed E-state index contributed by atoms with van der Waals surface area (Å²) in [4.78, 5) is 2.44. The molecule has 0 saturated carbocycles. The lowest BCUT2D eigenvalue weighted by Gasteiger charge is -2.42. The van der Waals surface area contributed by atoms with Crippen molar-refractivity contribution in [1.29, 1.82) is 5.26 Å². The second kappa shape index (κ2) is 2.75. The van der Waals surface area contributed by atoms with Crippen LogP contribution in [0.3, 0.4) is 0 Å². The second-order valence-electron chi connectivity index (χ2n) is 4.15. The van der Waals surface area contributed by atoms with Crippen LogP contribution in [0, 0.1) is 11.3 Å². The van der Waals surface area contributed by atoms with Gasteiger partial charge in [-0.1, -0.05) is 0 Å². The van der Waals surface area contributed by atoms with Crippen LogP contribution in [-0.4, -0.2) is 13.1 Å². The number of fused-ring (bicyclic) bond motifs is 2. The zero-order valence-corrected chi connectivity index (χ0v) is 8.03. The number of benzene rings is 1. The lowest BCUT2D eigenvalue weighted by atomic mass is 9.82. The molecular formula is C12H12N2. The van der Waals surface area contributed by atoms with Crippen molar-refractivity contribution in [2.75, 3.05) is 18.0 Å². The summed E-state index contributed by atoms with van der Waals surface area (Å²) in [7, 11) is 0. The lowest BCUT2D eigenvalue weighted by Crippen LogP contribution is -2.38. The molecule has 0 unspecified atom stereocenters. The fourth-order valence-corrected chi connectivity index (χ4v) is 2.67. The molecule has 0 amide bonds. The number of anilines is 1. The number of rotatable bonds is 0. The number of hydrogen-bond acceptors (Lipinski definition) is 2. The summed E-state index contributed by atoms with van der Waals surface area (Å²) in [6.07, 6.45) is 2.53. The van der Waals surface area contributed by atoms with Gasteiger partial charge in [-0.3, -0.25) is 0 Å². The van der Waals surface area contributed by atoms with Gasteiger partial charge in [0, 0.05) is 18.8 Å². The minimum absolute atomic E-state index is 0.711. The summed E-state index contributed by atoms with van der Waals surface area (Å²) in [5.41, 5.74) is 3.57. The molecule has 3 heterocycles. The van der Waals surface area contributed by atoms with Crippen molar-refractivity contribution in [2.45, 2.75) is 18.8 Å². The van der Waals surface area contributed by atoms with Crippen LogP contribution in [0.4, 0.5) is 5.69 Å². The maximum absolute atomic E-state index is 8.85. The Bertz CT molecular complexity index is 409. The minimum Gasteiger partial charge on any atom is -0.371 e. The molecule has 70 valence electrons. The van der Waals surface area contributed by atoms with Crippen molar-refractivity contribution in [3.8, 4) is 6.07 Å². The Morgan fingerprint density at radius 1 is 1.29 bits per heavy atom. The predicted octanol–water partition coefficient (Wildman–Crippen LogP) is 2.26. The minimum atomic E-state index is 0.711. The standard InChI is InChI=1S/C12H12N2/c13-8-9-1-2-12-11(7-9)10-3-5-14(12)6-4-10/h1-2,7,10H,3-6H2. The largest absolute Gasteiger partial charge is 0.371 e. The van der Waals surface area contributed by atoms with Crippen molar-refractivity contribution >= 4 is 5.69 Å². The van der Waals surface area contributed by atoms with E-state index >= 15 is 0 Å². The summed E-state index contributed by atoms with van der Waals surface area (Å²) in [5, 5.41) is 8.85. The highest BCUT2D eigenvalue weighted by Crippen LogP contribution is 2.42. The van der Waals surface area contributed by atoms with Gasteiger partial charge in [-0.2, -0.15) is 5.26 Å². The van der Waals surface area contributed by atoms with Crippen LogP contribution < -0.4 is 4.90 Å². The van der Waals surface area contributed by atoms with Crippen LogP contribution in [0.1, 0.15) is 29.9 Å². The first-order chi connectivity index (χ1) is 6.88. The fraction of sp³-hybridized carbons (Fsp3) is 0.417. The van der Waals surface area contributed by atoms with Crippen LogP contribution in [0.2, 0.25) is 0 Å². The molecule has 0 spiro atoms. The third-order valence-electron chi connectivity index (χ3n) is 3.43. The molecule has 2 bridgehead atoms. The maximum Gasteiger partial charge on any atom is 0.0991 e. The molecule has 4 rings (SSSR count). The van der Waals surface area contributed by atoms with Crippen LogP contribution in [0.15, 0.2) is 18.2 Å². The van der Waals surface area contributed by atoms with Gasteiger partial charge in [0.05, 0.1) is 11.6 Å². The Labute approximate surface area is 83.8 Å². The first-order valence-corrected chi connectivity index (χ1v) is 5.17. The molecule has 1 aromatic rings. The Kier molecular flexibility index (Phi) is 1.55. The van der Waals surface area contributed by atoms with Crippen LogP contribution in [0.25, 0.3) is 0 Å². The zero-order chi connectivity index (χ0) is 9.54. The topological polar surface area (TPSA) is 27.0 Å². The number of piperidine rings is 1. The number of nitriles is 1. The number of nitrogens with zero attached hydrogens (tertiary/aromatic N) is 2. The molecule has 0 radical (unpaired) electrons. The van der Waals surface area contributed by atoms with Gasteiger partial charge >= 0.3 is 0 Å². The van der Waals surface area contributed by atoms with Crippen molar-refractivity contribution in [3.05, 3.63) is 29.3 Å². The molecule has 1 saturated heterocycles. The van der Waals surface area contributed by atoms with Gasteiger partial charge in [-0.15, -0.1) is 0 Å². The van der Waals surface area contributed by atoms with E-state index in [1.165, 1.54) is 37.2 Å². The Hall–Kier alpha value is -1.49. The average Bonchev–Trinajstić information content (AvgIpc) is 2.30. The Morgan fingerprint density at radius 3 is 2.79 bits per heavy atom. The highest BCUT2D eigenvalue weighted by atomic mass is 15.1. The van der Waals surface area contributed by atoms with Crippen LogP contribution in [0.5, 0.6) is 0 Å². The van der Waals surface area contributed by atoms with E-state index in [2.05, 4.69) is 23.1 Å². The summed E-state index contributed by atoms with van der Waals surface area (Å²) >= 11 is 0. The normalized spacial score (nSPS) is 19.2. The molecular weight excluding hydrogens is 172 g/mol. The van der Waals surface area contributed by atoms with Crippen molar-refractivity contribution in [2.24, 2.45) is 0 Å². The first-order valence-electron chi connectivity index (χ1n) is 5.17. The molecule has 0 aliphatic carbocycles. The van der Waals surface area contributed by atoms with Gasteiger partial charge < -0.3 is 4.90 Å². The second-order valence-corrected chi connectivity index (χ2v) is 4.15. The Morgan fingerprint density at radius 2 is 2.07 bits per heavy atom. The van der Waals surface area contributed by atoms with Crippen LogP contribution >= 0.6 is 0 Å². The van der Waals surface area contributed by atoms with E-state index < -0.39 is 0 Å². The van der Waals surface area contributed by atoms with Gasteiger partial charge in [0.15, 0.2) is 0 Å². The molecule has 0 atom stereocenters. The monoisotopic (exact) mass is 184 g/mol. The first kappa shape index (κ1) is 7.87. The highest BCUT2D eigenvalue weighted by Gasteiger charge is 2.30. The summed E-state index contributed by atoms with van der Waals surface area (Å²) in [5.74, 6) is 0.711. The molecule has 3 aliphatic heterocycles. The van der Waals surface area contributed by atoms with E-state index in [0.717, 1.165) is 5.56 Å². The molecule has 2 nitrogen and oxygen atoms in total. The molecule has 3 aliphatic rings. The molecule has 2 heteroatoms. The van der Waals surface area contributed by atoms with Crippen molar-refractivity contribution < 1.29 is 0 Å². The lowest BCUT2D eigenvalue weighted by molar-refractivity contribution is 0.475. The highest BCUT2D eigenvalue weighted by molar-refractivity contribution is 5.61. The third-order valence-corrected chi connectivity index (χ3v) is 3.43. The fourth-order valence-electron chi connectivity index (χ4n) is 2.67. The molecule has 0 aromatic heterocycles. The number of hydrogen-bond donors (Lipinski definition) is 0. The van der Waals surface area contributed by atoms with Crippen molar-refractivity contribution in [1.82, 2.24) is 0 Å². The zero-order valence-electron chi connectivity index (χ0n) is 8.03. The van der Waals surface area contributed by atoms with E-state index in [0.29, 0.717) is 5.92 Å². The van der Waals surface area contributed by atoms with Crippen LogP contribution in [-0.2, 0) is 0 Å². The van der Waals surface area contributed by atoms with Gasteiger partial charge in [0.25, 0.3) is 0 Å². The molecule has 14 heavy (non-hydrogen) atoms. The van der Waals surface area contributed by atoms with E-state index in [1.807, 2.05) is 6.07 Å². The van der Waals surface area contributed by atoms with Crippen molar-refractivity contribution in [3.63, 3.8) is 0 Å². The quantitative estimate of drug-likeness (QED) is 0.618. The molecule has 1 aromatic carbocycles. The predicted molar refractivity (Wildman–Crippen MR) is 55.3 cm³/mol. The average molecular weight is 184 g/mol. The van der Waals surface area contributed by atoms with Gasteiger partial charge in [-0.25, -0.2) is 0 Å². The Balaban J connectivity index is 2.16. The maximum atomic E-state index is 8.85. The summed E-state index contributed by atoms with van der Waals surface area (Å²) < 4.78 is 0. The van der Waals surface area contributed by atoms with Gasteiger partial charge in [0.2, 0.25) is 0 Å². The molecule has 1 fully saturated rings. The van der Waals surface area contributed by atoms with E-state index in [9.17, 15) is 0 Å². The SMILES string of the molecule is N#Cc1ccc2c(c1)C1CCN2CC1. The van der Waals surface area contributed by atoms with Gasteiger partial charge in [-0.05, 0) is 42.5 Å². The smallest absolute Gasteiger partial charge is 0.0991 e. The van der Waals surface area contributed by atoms with E-state index in [4.69, 9.17) is 5.26 Å².